The molecule has 110 valence electrons. The van der Waals surface area contributed by atoms with Crippen LogP contribution in [0.5, 0.6) is 5.75 Å². The second kappa shape index (κ2) is 6.78. The third kappa shape index (κ3) is 3.99. The van der Waals surface area contributed by atoms with Gasteiger partial charge in [-0.1, -0.05) is 31.9 Å². The molecule has 3 atom stereocenters. The molecule has 0 radical (unpaired) electrons. The Kier molecular flexibility index (Phi) is 5.05. The number of carbonyl (C=O) groups excluding carboxylic acids is 1. The van der Waals surface area contributed by atoms with Crippen molar-refractivity contribution in [2.45, 2.75) is 58.6 Å². The Balaban J connectivity index is 1.88. The Hall–Kier alpha value is -1.51. The lowest BCUT2D eigenvalue weighted by molar-refractivity contribution is -0.128. The highest BCUT2D eigenvalue weighted by Crippen LogP contribution is 2.24. The average molecular weight is 275 g/mol. The molecule has 1 aliphatic carbocycles. The van der Waals surface area contributed by atoms with Crippen molar-refractivity contribution in [3.63, 3.8) is 0 Å². The molecule has 0 unspecified atom stereocenters. The van der Waals surface area contributed by atoms with Gasteiger partial charge in [-0.25, -0.2) is 0 Å². The summed E-state index contributed by atoms with van der Waals surface area (Å²) in [6.45, 7) is 6.04. The van der Waals surface area contributed by atoms with E-state index in [4.69, 9.17) is 4.74 Å². The van der Waals surface area contributed by atoms with Gasteiger partial charge in [0, 0.05) is 6.04 Å². The first-order valence-electron chi connectivity index (χ1n) is 7.60. The molecule has 2 rings (SSSR count). The molecule has 0 saturated heterocycles. The van der Waals surface area contributed by atoms with Crippen LogP contribution >= 0.6 is 0 Å². The van der Waals surface area contributed by atoms with E-state index in [0.29, 0.717) is 12.0 Å². The number of ether oxygens (including phenoxy) is 1. The van der Waals surface area contributed by atoms with Crippen LogP contribution in [0.3, 0.4) is 0 Å². The normalized spacial score (nSPS) is 23.9. The number of benzene rings is 1. The Morgan fingerprint density at radius 2 is 2.10 bits per heavy atom. The second-order valence-electron chi connectivity index (χ2n) is 5.95. The molecule has 1 aliphatic rings. The molecule has 0 aromatic heterocycles. The Morgan fingerprint density at radius 1 is 1.35 bits per heavy atom. The van der Waals surface area contributed by atoms with Crippen LogP contribution in [-0.4, -0.2) is 18.1 Å². The van der Waals surface area contributed by atoms with Gasteiger partial charge in [0.15, 0.2) is 6.10 Å². The minimum absolute atomic E-state index is 0.00902. The Bertz CT molecular complexity index is 458. The van der Waals surface area contributed by atoms with E-state index >= 15 is 0 Å². The first kappa shape index (κ1) is 14.9. The van der Waals surface area contributed by atoms with E-state index in [1.54, 1.807) is 0 Å². The lowest BCUT2D eigenvalue weighted by atomic mass is 9.86. The summed E-state index contributed by atoms with van der Waals surface area (Å²) in [7, 11) is 0. The van der Waals surface area contributed by atoms with Crippen molar-refractivity contribution in [2.24, 2.45) is 5.92 Å². The monoisotopic (exact) mass is 275 g/mol. The molecule has 1 fully saturated rings. The molecule has 1 aromatic carbocycles. The number of nitrogens with one attached hydrogen (secondary N) is 1. The van der Waals surface area contributed by atoms with Crippen LogP contribution in [0.25, 0.3) is 0 Å². The van der Waals surface area contributed by atoms with Gasteiger partial charge in [-0.05, 0) is 50.3 Å². The average Bonchev–Trinajstić information content (AvgIpc) is 2.41. The fraction of sp³-hybridized carbons (Fsp3) is 0.588. The Labute approximate surface area is 121 Å². The molecular formula is C17H25NO2. The zero-order chi connectivity index (χ0) is 14.5. The maximum absolute atomic E-state index is 12.2. The van der Waals surface area contributed by atoms with Crippen molar-refractivity contribution in [3.8, 4) is 5.75 Å². The predicted molar refractivity (Wildman–Crippen MR) is 80.8 cm³/mol. The molecule has 1 amide bonds. The first-order chi connectivity index (χ1) is 9.56. The van der Waals surface area contributed by atoms with E-state index in [9.17, 15) is 4.79 Å². The number of rotatable bonds is 4. The molecule has 3 heteroatoms. The van der Waals surface area contributed by atoms with Crippen LogP contribution in [-0.2, 0) is 4.79 Å². The third-order valence-corrected chi connectivity index (χ3v) is 4.11. The minimum atomic E-state index is -0.453. The van der Waals surface area contributed by atoms with Gasteiger partial charge in [0.2, 0.25) is 0 Å². The molecule has 0 spiro atoms. The number of carbonyl (C=O) groups is 1. The summed E-state index contributed by atoms with van der Waals surface area (Å²) in [5, 5.41) is 3.14. The fourth-order valence-electron chi connectivity index (χ4n) is 2.78. The van der Waals surface area contributed by atoms with E-state index in [1.165, 1.54) is 19.3 Å². The van der Waals surface area contributed by atoms with Crippen molar-refractivity contribution in [1.82, 2.24) is 5.32 Å². The van der Waals surface area contributed by atoms with Crippen LogP contribution in [0, 0.1) is 12.8 Å². The molecule has 20 heavy (non-hydrogen) atoms. The van der Waals surface area contributed by atoms with Gasteiger partial charge in [0.1, 0.15) is 5.75 Å². The zero-order valence-corrected chi connectivity index (χ0v) is 12.7. The van der Waals surface area contributed by atoms with Crippen molar-refractivity contribution >= 4 is 5.91 Å². The van der Waals surface area contributed by atoms with Gasteiger partial charge in [0.25, 0.3) is 5.91 Å². The van der Waals surface area contributed by atoms with Gasteiger partial charge >= 0.3 is 0 Å². The second-order valence-corrected chi connectivity index (χ2v) is 5.95. The topological polar surface area (TPSA) is 38.3 Å². The molecule has 1 aromatic rings. The molecule has 0 bridgehead atoms. The summed E-state index contributed by atoms with van der Waals surface area (Å²) in [6, 6.07) is 8.10. The van der Waals surface area contributed by atoms with Gasteiger partial charge < -0.3 is 10.1 Å². The summed E-state index contributed by atoms with van der Waals surface area (Å²) < 4.78 is 5.72. The lowest BCUT2D eigenvalue weighted by Crippen LogP contribution is -2.46. The first-order valence-corrected chi connectivity index (χ1v) is 7.60. The summed E-state index contributed by atoms with van der Waals surface area (Å²) in [5.41, 5.74) is 1.14. The zero-order valence-electron chi connectivity index (χ0n) is 12.7. The van der Waals surface area contributed by atoms with E-state index in [-0.39, 0.29) is 5.91 Å². The Morgan fingerprint density at radius 3 is 2.80 bits per heavy atom. The standard InChI is InChI=1S/C17H25NO2/c1-12-7-6-9-15(11-12)20-14(3)17(19)18-16-10-5-4-8-13(16)2/h6-7,9,11,13-14,16H,4-5,8,10H2,1-3H3,(H,18,19)/t13-,14-,16-/m1/s1. The molecule has 0 aliphatic heterocycles. The van der Waals surface area contributed by atoms with Crippen LogP contribution in [0.1, 0.15) is 45.1 Å². The maximum atomic E-state index is 12.2. The van der Waals surface area contributed by atoms with Gasteiger partial charge in [0.05, 0.1) is 0 Å². The smallest absolute Gasteiger partial charge is 0.261 e. The van der Waals surface area contributed by atoms with Gasteiger partial charge in [-0.15, -0.1) is 0 Å². The van der Waals surface area contributed by atoms with Crippen molar-refractivity contribution < 1.29 is 9.53 Å². The highest BCUT2D eigenvalue weighted by Gasteiger charge is 2.25. The number of aryl methyl sites for hydroxylation is 1. The summed E-state index contributed by atoms with van der Waals surface area (Å²) >= 11 is 0. The predicted octanol–water partition coefficient (Wildman–Crippen LogP) is 3.46. The van der Waals surface area contributed by atoms with Crippen molar-refractivity contribution in [1.29, 1.82) is 0 Å². The summed E-state index contributed by atoms with van der Waals surface area (Å²) in [4.78, 5) is 12.2. The van der Waals surface area contributed by atoms with Crippen LogP contribution in [0.4, 0.5) is 0 Å². The van der Waals surface area contributed by atoms with Crippen molar-refractivity contribution in [2.75, 3.05) is 0 Å². The lowest BCUT2D eigenvalue weighted by Gasteiger charge is -2.30. The molecular weight excluding hydrogens is 250 g/mol. The van der Waals surface area contributed by atoms with Crippen LogP contribution in [0.15, 0.2) is 24.3 Å². The minimum Gasteiger partial charge on any atom is -0.481 e. The highest BCUT2D eigenvalue weighted by atomic mass is 16.5. The third-order valence-electron chi connectivity index (χ3n) is 4.11. The molecule has 1 N–H and O–H groups in total. The quantitative estimate of drug-likeness (QED) is 0.914. The summed E-state index contributed by atoms with van der Waals surface area (Å²) in [5.74, 6) is 1.31. The molecule has 0 heterocycles. The number of hydrogen-bond donors (Lipinski definition) is 1. The van der Waals surface area contributed by atoms with Crippen LogP contribution < -0.4 is 10.1 Å². The SMILES string of the molecule is Cc1cccc(O[C@H](C)C(=O)N[C@@H]2CCCC[C@H]2C)c1. The van der Waals surface area contributed by atoms with Crippen LogP contribution in [0.2, 0.25) is 0 Å². The van der Waals surface area contributed by atoms with E-state index in [1.807, 2.05) is 38.1 Å². The number of amides is 1. The highest BCUT2D eigenvalue weighted by molar-refractivity contribution is 5.81. The number of hydrogen-bond acceptors (Lipinski definition) is 2. The van der Waals surface area contributed by atoms with Gasteiger partial charge in [-0.3, -0.25) is 4.79 Å². The summed E-state index contributed by atoms with van der Waals surface area (Å²) in [6.07, 6.45) is 4.33. The fourth-order valence-corrected chi connectivity index (χ4v) is 2.78. The van der Waals surface area contributed by atoms with E-state index in [0.717, 1.165) is 17.7 Å². The molecule has 1 saturated carbocycles. The molecule has 3 nitrogen and oxygen atoms in total. The van der Waals surface area contributed by atoms with Gasteiger partial charge in [-0.2, -0.15) is 0 Å². The largest absolute Gasteiger partial charge is 0.481 e. The maximum Gasteiger partial charge on any atom is 0.261 e. The van der Waals surface area contributed by atoms with Crippen molar-refractivity contribution in [3.05, 3.63) is 29.8 Å². The van der Waals surface area contributed by atoms with E-state index in [2.05, 4.69) is 12.2 Å². The van der Waals surface area contributed by atoms with E-state index < -0.39 is 6.10 Å².